The fraction of sp³-hybridized carbons (Fsp3) is 0. The molecule has 3 aromatic rings. The minimum atomic E-state index is 0.230. The molecule has 1 aromatic heterocycles. The van der Waals surface area contributed by atoms with Gasteiger partial charge in [0.2, 0.25) is 5.88 Å². The van der Waals surface area contributed by atoms with E-state index in [0.29, 0.717) is 21.3 Å². The molecule has 0 amide bonds. The molecule has 3 rings (SSSR count). The van der Waals surface area contributed by atoms with E-state index in [9.17, 15) is 0 Å². The molecule has 106 valence electrons. The third kappa shape index (κ3) is 2.75. The summed E-state index contributed by atoms with van der Waals surface area (Å²) < 4.78 is 6.18. The van der Waals surface area contributed by atoms with Crippen LogP contribution in [0.4, 0.5) is 5.88 Å². The summed E-state index contributed by atoms with van der Waals surface area (Å²) in [5.41, 5.74) is 8.90. The molecule has 0 aliphatic heterocycles. The maximum Gasteiger partial charge on any atom is 0.230 e. The maximum absolute atomic E-state index is 6.27. The molecule has 0 aliphatic carbocycles. The molecule has 0 aliphatic rings. The average Bonchev–Trinajstić information content (AvgIpc) is 2.84. The predicted octanol–water partition coefficient (Wildman–Crippen LogP) is 5.50. The molecule has 0 spiro atoms. The first-order valence-electron chi connectivity index (χ1n) is 6.03. The first-order valence-corrected chi connectivity index (χ1v) is 7.87. The SMILES string of the molecule is Nc1onc(-c2cc(Cl)ccc2I)c1-c1ccccc1Cl. The lowest BCUT2D eigenvalue weighted by molar-refractivity contribution is 0.439. The van der Waals surface area contributed by atoms with Crippen LogP contribution < -0.4 is 5.73 Å². The molecule has 3 nitrogen and oxygen atoms in total. The Kier molecular flexibility index (Phi) is 4.10. The van der Waals surface area contributed by atoms with Crippen molar-refractivity contribution in [1.82, 2.24) is 5.16 Å². The van der Waals surface area contributed by atoms with Crippen LogP contribution in [0.3, 0.4) is 0 Å². The third-order valence-corrected chi connectivity index (χ3v) is 4.55. The van der Waals surface area contributed by atoms with E-state index in [1.165, 1.54) is 0 Å². The molecule has 21 heavy (non-hydrogen) atoms. The number of nitrogen functional groups attached to an aromatic ring is 1. The van der Waals surface area contributed by atoms with E-state index in [1.807, 2.05) is 36.4 Å². The summed E-state index contributed by atoms with van der Waals surface area (Å²) in [4.78, 5) is 0. The van der Waals surface area contributed by atoms with Crippen LogP contribution in [0.2, 0.25) is 10.0 Å². The van der Waals surface area contributed by atoms with Crippen molar-refractivity contribution in [2.24, 2.45) is 0 Å². The molecule has 0 atom stereocenters. The Bertz CT molecular complexity index is 817. The van der Waals surface area contributed by atoms with Crippen molar-refractivity contribution in [2.45, 2.75) is 0 Å². The van der Waals surface area contributed by atoms with E-state index in [1.54, 1.807) is 6.07 Å². The molecule has 0 fully saturated rings. The minimum Gasteiger partial charge on any atom is -0.367 e. The molecule has 6 heteroatoms. The molecule has 0 radical (unpaired) electrons. The van der Waals surface area contributed by atoms with Crippen LogP contribution in [0.5, 0.6) is 0 Å². The van der Waals surface area contributed by atoms with Gasteiger partial charge in [0.1, 0.15) is 5.69 Å². The van der Waals surface area contributed by atoms with Gasteiger partial charge in [0, 0.05) is 24.7 Å². The van der Waals surface area contributed by atoms with Gasteiger partial charge in [-0.1, -0.05) is 46.6 Å². The predicted molar refractivity (Wildman–Crippen MR) is 94.5 cm³/mol. The van der Waals surface area contributed by atoms with Crippen LogP contribution in [0.25, 0.3) is 22.4 Å². The van der Waals surface area contributed by atoms with Crippen molar-refractivity contribution >= 4 is 51.7 Å². The Morgan fingerprint density at radius 3 is 2.57 bits per heavy atom. The van der Waals surface area contributed by atoms with E-state index < -0.39 is 0 Å². The zero-order valence-corrected chi connectivity index (χ0v) is 14.3. The van der Waals surface area contributed by atoms with Gasteiger partial charge in [0.15, 0.2) is 0 Å². The van der Waals surface area contributed by atoms with Crippen molar-refractivity contribution in [3.8, 4) is 22.4 Å². The largest absolute Gasteiger partial charge is 0.367 e. The second-order valence-electron chi connectivity index (χ2n) is 4.37. The average molecular weight is 431 g/mol. The van der Waals surface area contributed by atoms with Gasteiger partial charge in [-0.15, -0.1) is 0 Å². The topological polar surface area (TPSA) is 52.0 Å². The van der Waals surface area contributed by atoms with E-state index in [2.05, 4.69) is 27.7 Å². The Morgan fingerprint density at radius 2 is 1.81 bits per heavy atom. The number of rotatable bonds is 2. The molecule has 0 saturated carbocycles. The Morgan fingerprint density at radius 1 is 1.05 bits per heavy atom. The van der Waals surface area contributed by atoms with Gasteiger partial charge in [0.05, 0.1) is 5.56 Å². The normalized spacial score (nSPS) is 10.8. The van der Waals surface area contributed by atoms with Crippen molar-refractivity contribution in [3.05, 3.63) is 56.1 Å². The Balaban J connectivity index is 2.27. The summed E-state index contributed by atoms with van der Waals surface area (Å²) >= 11 is 14.6. The van der Waals surface area contributed by atoms with Crippen LogP contribution in [0.15, 0.2) is 47.0 Å². The second kappa shape index (κ2) is 5.87. The number of benzene rings is 2. The molecule has 2 aromatic carbocycles. The first kappa shape index (κ1) is 14.7. The summed E-state index contributed by atoms with van der Waals surface area (Å²) in [6, 6.07) is 13.0. The standard InChI is InChI=1S/C15H9Cl2IN2O/c16-8-5-6-12(18)10(7-8)14-13(15(19)21-20-14)9-3-1-2-4-11(9)17/h1-7H,19H2. The van der Waals surface area contributed by atoms with E-state index >= 15 is 0 Å². The fourth-order valence-corrected chi connectivity index (χ4v) is 3.08. The third-order valence-electron chi connectivity index (χ3n) is 3.05. The van der Waals surface area contributed by atoms with Crippen LogP contribution in [0, 0.1) is 3.57 Å². The fourth-order valence-electron chi connectivity index (χ4n) is 2.09. The van der Waals surface area contributed by atoms with Crippen molar-refractivity contribution in [2.75, 3.05) is 5.73 Å². The van der Waals surface area contributed by atoms with Gasteiger partial charge in [-0.2, -0.15) is 0 Å². The highest BCUT2D eigenvalue weighted by Crippen LogP contribution is 2.41. The van der Waals surface area contributed by atoms with Gasteiger partial charge < -0.3 is 10.3 Å². The molecular formula is C15H9Cl2IN2O. The number of aromatic nitrogens is 1. The minimum absolute atomic E-state index is 0.230. The van der Waals surface area contributed by atoms with Crippen LogP contribution in [0.1, 0.15) is 0 Å². The molecule has 0 unspecified atom stereocenters. The molecule has 1 heterocycles. The lowest BCUT2D eigenvalue weighted by Gasteiger charge is -2.07. The smallest absolute Gasteiger partial charge is 0.230 e. The second-order valence-corrected chi connectivity index (χ2v) is 6.38. The van der Waals surface area contributed by atoms with Gasteiger partial charge >= 0.3 is 0 Å². The van der Waals surface area contributed by atoms with Crippen LogP contribution in [-0.2, 0) is 0 Å². The van der Waals surface area contributed by atoms with Crippen molar-refractivity contribution in [3.63, 3.8) is 0 Å². The lowest BCUT2D eigenvalue weighted by atomic mass is 10.0. The van der Waals surface area contributed by atoms with E-state index in [4.69, 9.17) is 33.5 Å². The maximum atomic E-state index is 6.27. The molecular weight excluding hydrogens is 422 g/mol. The first-order chi connectivity index (χ1) is 10.1. The molecule has 0 bridgehead atoms. The molecule has 0 saturated heterocycles. The summed E-state index contributed by atoms with van der Waals surface area (Å²) in [7, 11) is 0. The highest BCUT2D eigenvalue weighted by atomic mass is 127. The lowest BCUT2D eigenvalue weighted by Crippen LogP contribution is -1.90. The molecule has 2 N–H and O–H groups in total. The number of anilines is 1. The zero-order valence-electron chi connectivity index (χ0n) is 10.6. The van der Waals surface area contributed by atoms with Crippen LogP contribution >= 0.6 is 45.8 Å². The van der Waals surface area contributed by atoms with Gasteiger partial charge in [-0.05, 0) is 46.9 Å². The van der Waals surface area contributed by atoms with E-state index in [-0.39, 0.29) is 5.88 Å². The summed E-state index contributed by atoms with van der Waals surface area (Å²) in [5.74, 6) is 0.230. The quantitative estimate of drug-likeness (QED) is 0.546. The summed E-state index contributed by atoms with van der Waals surface area (Å²) in [5, 5.41) is 5.29. The summed E-state index contributed by atoms with van der Waals surface area (Å²) in [6.07, 6.45) is 0. The number of nitrogens with two attached hydrogens (primary N) is 1. The highest BCUT2D eigenvalue weighted by Gasteiger charge is 2.21. The van der Waals surface area contributed by atoms with Gasteiger partial charge in [-0.3, -0.25) is 0 Å². The number of hydrogen-bond donors (Lipinski definition) is 1. The zero-order chi connectivity index (χ0) is 15.0. The van der Waals surface area contributed by atoms with E-state index in [0.717, 1.165) is 14.7 Å². The monoisotopic (exact) mass is 430 g/mol. The summed E-state index contributed by atoms with van der Waals surface area (Å²) in [6.45, 7) is 0. The van der Waals surface area contributed by atoms with Gasteiger partial charge in [0.25, 0.3) is 0 Å². The number of hydrogen-bond acceptors (Lipinski definition) is 3. The Hall–Kier alpha value is -1.24. The highest BCUT2D eigenvalue weighted by molar-refractivity contribution is 14.1. The van der Waals surface area contributed by atoms with Gasteiger partial charge in [-0.25, -0.2) is 0 Å². The van der Waals surface area contributed by atoms with Crippen molar-refractivity contribution in [1.29, 1.82) is 0 Å². The van der Waals surface area contributed by atoms with Crippen LogP contribution in [-0.4, -0.2) is 5.16 Å². The number of nitrogens with zero attached hydrogens (tertiary/aromatic N) is 1. The Labute approximate surface area is 145 Å². The number of halogens is 3. The van der Waals surface area contributed by atoms with Crippen molar-refractivity contribution < 1.29 is 4.52 Å².